The second-order valence-corrected chi connectivity index (χ2v) is 4.77. The third-order valence-electron chi connectivity index (χ3n) is 3.22. The molecule has 1 heterocycles. The van der Waals surface area contributed by atoms with Gasteiger partial charge in [0.2, 0.25) is 17.7 Å². The molecule has 0 spiro atoms. The van der Waals surface area contributed by atoms with Crippen molar-refractivity contribution >= 4 is 23.6 Å². The minimum absolute atomic E-state index is 0.214. The Morgan fingerprint density at radius 1 is 1.00 bits per heavy atom. The normalized spacial score (nSPS) is 15.3. The van der Waals surface area contributed by atoms with Gasteiger partial charge in [0.25, 0.3) is 5.91 Å². The van der Waals surface area contributed by atoms with Crippen molar-refractivity contribution in [2.45, 2.75) is 19.8 Å². The van der Waals surface area contributed by atoms with E-state index in [0.29, 0.717) is 12.0 Å². The Labute approximate surface area is 122 Å². The summed E-state index contributed by atoms with van der Waals surface area (Å²) in [5, 5.41) is 0. The quantitative estimate of drug-likeness (QED) is 0.772. The fourth-order valence-corrected chi connectivity index (χ4v) is 2.12. The highest BCUT2D eigenvalue weighted by Crippen LogP contribution is 2.12. The van der Waals surface area contributed by atoms with Crippen LogP contribution in [0.25, 0.3) is 0 Å². The van der Waals surface area contributed by atoms with Crippen molar-refractivity contribution in [1.82, 2.24) is 9.80 Å². The van der Waals surface area contributed by atoms with Crippen LogP contribution in [0.5, 0.6) is 0 Å². The summed E-state index contributed by atoms with van der Waals surface area (Å²) in [5.41, 5.74) is 0.340. The maximum absolute atomic E-state index is 12.2. The summed E-state index contributed by atoms with van der Waals surface area (Å²) >= 11 is 0. The molecule has 1 aromatic rings. The summed E-state index contributed by atoms with van der Waals surface area (Å²) in [7, 11) is 0. The van der Waals surface area contributed by atoms with Gasteiger partial charge in [-0.1, -0.05) is 25.1 Å². The second kappa shape index (κ2) is 6.30. The Balaban J connectivity index is 2.12. The summed E-state index contributed by atoms with van der Waals surface area (Å²) in [6, 6.07) is 8.27. The fourth-order valence-electron chi connectivity index (χ4n) is 2.12. The Kier molecular flexibility index (Phi) is 4.47. The van der Waals surface area contributed by atoms with E-state index in [2.05, 4.69) is 0 Å². The number of amides is 4. The van der Waals surface area contributed by atoms with E-state index in [1.807, 2.05) is 6.92 Å². The third-order valence-corrected chi connectivity index (χ3v) is 3.22. The predicted molar refractivity (Wildman–Crippen MR) is 74.1 cm³/mol. The van der Waals surface area contributed by atoms with Crippen LogP contribution >= 0.6 is 0 Å². The van der Waals surface area contributed by atoms with Gasteiger partial charge in [-0.3, -0.25) is 29.0 Å². The lowest BCUT2D eigenvalue weighted by Crippen LogP contribution is -2.57. The lowest BCUT2D eigenvalue weighted by molar-refractivity contribution is -0.155. The molecule has 1 aliphatic heterocycles. The molecule has 0 saturated carbocycles. The van der Waals surface area contributed by atoms with E-state index in [9.17, 15) is 19.2 Å². The minimum atomic E-state index is -0.534. The summed E-state index contributed by atoms with van der Waals surface area (Å²) in [6.07, 6.45) is 0.815. The van der Waals surface area contributed by atoms with Gasteiger partial charge in [0.05, 0.1) is 0 Å². The number of benzene rings is 1. The Hall–Kier alpha value is -2.50. The smallest absolute Gasteiger partial charge is 0.260 e. The van der Waals surface area contributed by atoms with Crippen molar-refractivity contribution in [2.75, 3.05) is 13.1 Å². The highest BCUT2D eigenvalue weighted by molar-refractivity contribution is 6.12. The molecule has 1 saturated heterocycles. The van der Waals surface area contributed by atoms with Crippen LogP contribution in [-0.2, 0) is 14.4 Å². The fraction of sp³-hybridized carbons (Fsp3) is 0.333. The maximum atomic E-state index is 12.2. The first-order valence-electron chi connectivity index (χ1n) is 6.77. The first-order valence-corrected chi connectivity index (χ1v) is 6.77. The zero-order valence-corrected chi connectivity index (χ0v) is 11.7. The van der Waals surface area contributed by atoms with Crippen molar-refractivity contribution in [1.29, 1.82) is 0 Å². The Morgan fingerprint density at radius 2 is 1.57 bits per heavy atom. The molecule has 0 bridgehead atoms. The van der Waals surface area contributed by atoms with E-state index in [1.54, 1.807) is 30.3 Å². The molecule has 0 N–H and O–H groups in total. The van der Waals surface area contributed by atoms with Gasteiger partial charge in [0.15, 0.2) is 0 Å². The van der Waals surface area contributed by atoms with Crippen molar-refractivity contribution in [3.8, 4) is 0 Å². The van der Waals surface area contributed by atoms with Crippen LogP contribution in [0.1, 0.15) is 30.1 Å². The number of nitrogens with zero attached hydrogens (tertiary/aromatic N) is 2. The number of imide groups is 2. The average Bonchev–Trinajstić information content (AvgIpc) is 2.49. The van der Waals surface area contributed by atoms with Gasteiger partial charge >= 0.3 is 0 Å². The first kappa shape index (κ1) is 14.9. The lowest BCUT2D eigenvalue weighted by atomic mass is 10.1. The number of piperazine rings is 1. The number of carbonyl (C=O) groups is 4. The summed E-state index contributed by atoms with van der Waals surface area (Å²) in [6.45, 7) is 1.07. The number of carbonyl (C=O) groups excluding carboxylic acids is 4. The van der Waals surface area contributed by atoms with Gasteiger partial charge in [-0.2, -0.15) is 0 Å². The highest BCUT2D eigenvalue weighted by atomic mass is 16.2. The summed E-state index contributed by atoms with van der Waals surface area (Å²) < 4.78 is 0. The molecule has 21 heavy (non-hydrogen) atoms. The molecule has 6 nitrogen and oxygen atoms in total. The van der Waals surface area contributed by atoms with E-state index >= 15 is 0 Å². The maximum Gasteiger partial charge on any atom is 0.260 e. The summed E-state index contributed by atoms with van der Waals surface area (Å²) in [4.78, 5) is 49.8. The summed E-state index contributed by atoms with van der Waals surface area (Å²) in [5.74, 6) is -1.94. The zero-order chi connectivity index (χ0) is 15.4. The molecule has 110 valence electrons. The van der Waals surface area contributed by atoms with Crippen LogP contribution in [0.15, 0.2) is 30.3 Å². The molecule has 0 aliphatic carbocycles. The zero-order valence-electron chi connectivity index (χ0n) is 11.7. The molecule has 0 aromatic heterocycles. The number of hydrogen-bond donors (Lipinski definition) is 0. The highest BCUT2D eigenvalue weighted by Gasteiger charge is 2.36. The van der Waals surface area contributed by atoms with Crippen molar-refractivity contribution in [3.05, 3.63) is 35.9 Å². The van der Waals surface area contributed by atoms with Crippen LogP contribution in [0.4, 0.5) is 0 Å². The van der Waals surface area contributed by atoms with Gasteiger partial charge in [-0.25, -0.2) is 0 Å². The molecule has 0 atom stereocenters. The Bertz CT molecular complexity index is 583. The van der Waals surface area contributed by atoms with Crippen LogP contribution < -0.4 is 0 Å². The van der Waals surface area contributed by atoms with Crippen LogP contribution in [-0.4, -0.2) is 46.5 Å². The predicted octanol–water partition coefficient (Wildman–Crippen LogP) is 0.824. The van der Waals surface area contributed by atoms with Crippen LogP contribution in [0.3, 0.4) is 0 Å². The molecule has 2 rings (SSSR count). The molecule has 1 aromatic carbocycles. The van der Waals surface area contributed by atoms with Gasteiger partial charge in [0.1, 0.15) is 13.1 Å². The first-order chi connectivity index (χ1) is 10.0. The molecule has 0 radical (unpaired) electrons. The number of hydrogen-bond acceptors (Lipinski definition) is 4. The van der Waals surface area contributed by atoms with Gasteiger partial charge in [-0.05, 0) is 18.6 Å². The van der Waals surface area contributed by atoms with Gasteiger partial charge < -0.3 is 0 Å². The SMILES string of the molecule is CCCC(=O)N1CC(=O)N(C(=O)c2ccccc2)CC1=O. The molecule has 0 unspecified atom stereocenters. The van der Waals surface area contributed by atoms with Crippen molar-refractivity contribution in [2.24, 2.45) is 0 Å². The molecule has 1 fully saturated rings. The van der Waals surface area contributed by atoms with E-state index < -0.39 is 17.7 Å². The number of rotatable bonds is 3. The molecule has 1 aliphatic rings. The third kappa shape index (κ3) is 3.16. The minimum Gasteiger partial charge on any atom is -0.274 e. The van der Waals surface area contributed by atoms with E-state index in [0.717, 1.165) is 9.80 Å². The van der Waals surface area contributed by atoms with E-state index in [4.69, 9.17) is 0 Å². The van der Waals surface area contributed by atoms with E-state index in [1.165, 1.54) is 0 Å². The van der Waals surface area contributed by atoms with Crippen molar-refractivity contribution in [3.63, 3.8) is 0 Å². The van der Waals surface area contributed by atoms with Gasteiger partial charge in [0, 0.05) is 12.0 Å². The van der Waals surface area contributed by atoms with Crippen LogP contribution in [0.2, 0.25) is 0 Å². The van der Waals surface area contributed by atoms with Gasteiger partial charge in [-0.15, -0.1) is 0 Å². The van der Waals surface area contributed by atoms with E-state index in [-0.39, 0.29) is 25.4 Å². The molecular weight excluding hydrogens is 272 g/mol. The van der Waals surface area contributed by atoms with Crippen molar-refractivity contribution < 1.29 is 19.2 Å². The average molecular weight is 288 g/mol. The molecule has 4 amide bonds. The monoisotopic (exact) mass is 288 g/mol. The lowest BCUT2D eigenvalue weighted by Gasteiger charge is -2.31. The standard InChI is InChI=1S/C15H16N2O4/c1-2-6-12(18)16-9-14(20)17(10-13(16)19)15(21)11-7-4-3-5-8-11/h3-5,7-8H,2,6,9-10H2,1H3. The second-order valence-electron chi connectivity index (χ2n) is 4.77. The topological polar surface area (TPSA) is 74.8 Å². The molecule has 6 heteroatoms. The largest absolute Gasteiger partial charge is 0.274 e. The Morgan fingerprint density at radius 3 is 2.19 bits per heavy atom. The molecular formula is C15H16N2O4. The van der Waals surface area contributed by atoms with Crippen LogP contribution in [0, 0.1) is 0 Å².